The first-order valence-electron chi connectivity index (χ1n) is 10.0. The Kier molecular flexibility index (Phi) is 6.19. The van der Waals surface area contributed by atoms with Crippen LogP contribution in [-0.2, 0) is 16.1 Å². The number of carbonyl (C=O) groups excluding carboxylic acids is 1. The van der Waals surface area contributed by atoms with Crippen molar-refractivity contribution in [2.75, 3.05) is 19.7 Å². The van der Waals surface area contributed by atoms with Crippen LogP contribution in [0.3, 0.4) is 0 Å². The zero-order chi connectivity index (χ0) is 19.2. The number of likely N-dealkylation sites (tertiary alicyclic amines) is 1. The van der Waals surface area contributed by atoms with Crippen LogP contribution in [0.25, 0.3) is 0 Å². The maximum absolute atomic E-state index is 12.3. The van der Waals surface area contributed by atoms with Crippen LogP contribution in [0, 0.1) is 0 Å². The largest absolute Gasteiger partial charge is 0.445 e. The maximum atomic E-state index is 12.3. The lowest BCUT2D eigenvalue weighted by Crippen LogP contribution is -2.48. The van der Waals surface area contributed by atoms with Crippen molar-refractivity contribution in [1.82, 2.24) is 15.2 Å². The molecule has 6 heteroatoms. The highest BCUT2D eigenvalue weighted by molar-refractivity contribution is 5.67. The van der Waals surface area contributed by atoms with Gasteiger partial charge in [-0.1, -0.05) is 36.4 Å². The predicted molar refractivity (Wildman–Crippen MR) is 106 cm³/mol. The van der Waals surface area contributed by atoms with Gasteiger partial charge in [-0.25, -0.2) is 4.79 Å². The van der Waals surface area contributed by atoms with E-state index in [9.17, 15) is 4.79 Å². The average molecular weight is 381 g/mol. The first kappa shape index (κ1) is 18.9. The Morgan fingerprint density at radius 1 is 1.14 bits per heavy atom. The summed E-state index contributed by atoms with van der Waals surface area (Å²) in [5, 5.41) is 3.75. The van der Waals surface area contributed by atoms with Gasteiger partial charge in [-0.3, -0.25) is 4.98 Å². The van der Waals surface area contributed by atoms with Crippen molar-refractivity contribution >= 4 is 6.09 Å². The van der Waals surface area contributed by atoms with Crippen molar-refractivity contribution < 1.29 is 14.3 Å². The van der Waals surface area contributed by atoms with Crippen molar-refractivity contribution in [1.29, 1.82) is 0 Å². The fourth-order valence-electron chi connectivity index (χ4n) is 3.98. The molecule has 0 aliphatic carbocycles. The zero-order valence-electron chi connectivity index (χ0n) is 16.0. The van der Waals surface area contributed by atoms with Gasteiger partial charge < -0.3 is 19.7 Å². The zero-order valence-corrected chi connectivity index (χ0v) is 16.0. The van der Waals surface area contributed by atoms with E-state index in [1.54, 1.807) is 6.20 Å². The molecule has 2 aliphatic heterocycles. The summed E-state index contributed by atoms with van der Waals surface area (Å²) < 4.78 is 11.4. The lowest BCUT2D eigenvalue weighted by Gasteiger charge is -2.34. The second-order valence-corrected chi connectivity index (χ2v) is 7.44. The quantitative estimate of drug-likeness (QED) is 0.861. The van der Waals surface area contributed by atoms with Crippen LogP contribution in [0.2, 0.25) is 0 Å². The van der Waals surface area contributed by atoms with E-state index < -0.39 is 0 Å². The Morgan fingerprint density at radius 3 is 2.71 bits per heavy atom. The van der Waals surface area contributed by atoms with Gasteiger partial charge in [-0.05, 0) is 30.9 Å². The summed E-state index contributed by atoms with van der Waals surface area (Å²) in [5.41, 5.74) is 2.13. The molecule has 1 N–H and O–H groups in total. The molecule has 0 saturated carbocycles. The molecular formula is C22H27N3O3. The standard InChI is InChI=1S/C22H27N3O3/c26-22(28-16-17-5-2-1-3-6-17)25-12-8-19(9-13-25)24-20-10-14-27-21(20)18-7-4-11-23-15-18/h1-7,11,15,19-21,24H,8-10,12-14,16H2/t20-,21+/m0/s1. The molecule has 1 aromatic heterocycles. The molecule has 2 fully saturated rings. The number of ether oxygens (including phenoxy) is 2. The molecule has 1 aromatic carbocycles. The van der Waals surface area contributed by atoms with Gasteiger partial charge in [0.25, 0.3) is 0 Å². The molecule has 0 radical (unpaired) electrons. The second kappa shape index (κ2) is 9.17. The summed E-state index contributed by atoms with van der Waals surface area (Å²) in [6, 6.07) is 14.5. The Hall–Kier alpha value is -2.44. The first-order valence-corrected chi connectivity index (χ1v) is 10.0. The fraction of sp³-hybridized carbons (Fsp3) is 0.455. The highest BCUT2D eigenvalue weighted by Gasteiger charge is 2.33. The number of nitrogens with one attached hydrogen (secondary N) is 1. The van der Waals surface area contributed by atoms with Crippen LogP contribution in [0.15, 0.2) is 54.9 Å². The van der Waals surface area contributed by atoms with E-state index in [2.05, 4.69) is 16.4 Å². The number of piperidine rings is 1. The van der Waals surface area contributed by atoms with Crippen molar-refractivity contribution in [3.63, 3.8) is 0 Å². The van der Waals surface area contributed by atoms with Crippen LogP contribution in [-0.4, -0.2) is 47.8 Å². The Balaban J connectivity index is 1.23. The third-order valence-electron chi connectivity index (χ3n) is 5.51. The first-order chi connectivity index (χ1) is 13.8. The SMILES string of the molecule is O=C(OCc1ccccc1)N1CCC(N[C@H]2CCO[C@@H]2c2cccnc2)CC1. The van der Waals surface area contributed by atoms with Crippen LogP contribution < -0.4 is 5.32 Å². The summed E-state index contributed by atoms with van der Waals surface area (Å²) in [4.78, 5) is 18.3. The summed E-state index contributed by atoms with van der Waals surface area (Å²) in [5.74, 6) is 0. The third kappa shape index (κ3) is 4.69. The van der Waals surface area contributed by atoms with E-state index in [-0.39, 0.29) is 12.2 Å². The number of pyridine rings is 1. The van der Waals surface area contributed by atoms with Crippen LogP contribution >= 0.6 is 0 Å². The van der Waals surface area contributed by atoms with E-state index in [4.69, 9.17) is 9.47 Å². The molecule has 4 rings (SSSR count). The highest BCUT2D eigenvalue weighted by Crippen LogP contribution is 2.29. The number of hydrogen-bond acceptors (Lipinski definition) is 5. The minimum atomic E-state index is -0.222. The van der Waals surface area contributed by atoms with Gasteiger partial charge in [0.15, 0.2) is 0 Å². The number of aromatic nitrogens is 1. The van der Waals surface area contributed by atoms with E-state index >= 15 is 0 Å². The Morgan fingerprint density at radius 2 is 1.96 bits per heavy atom. The lowest BCUT2D eigenvalue weighted by atomic mass is 9.99. The van der Waals surface area contributed by atoms with Crippen molar-refractivity contribution in [2.24, 2.45) is 0 Å². The van der Waals surface area contributed by atoms with E-state index in [1.165, 1.54) is 0 Å². The predicted octanol–water partition coefficient (Wildman–Crippen LogP) is 3.30. The lowest BCUT2D eigenvalue weighted by molar-refractivity contribution is 0.0778. The summed E-state index contributed by atoms with van der Waals surface area (Å²) in [6.07, 6.45) is 6.36. The van der Waals surface area contributed by atoms with Gasteiger partial charge in [-0.15, -0.1) is 0 Å². The average Bonchev–Trinajstić information content (AvgIpc) is 3.22. The monoisotopic (exact) mass is 381 g/mol. The molecule has 2 aromatic rings. The van der Waals surface area contributed by atoms with Crippen LogP contribution in [0.1, 0.15) is 36.5 Å². The topological polar surface area (TPSA) is 63.7 Å². The van der Waals surface area contributed by atoms with Gasteiger partial charge in [0, 0.05) is 49.7 Å². The van der Waals surface area contributed by atoms with Gasteiger partial charge in [-0.2, -0.15) is 0 Å². The van der Waals surface area contributed by atoms with Crippen LogP contribution in [0.5, 0.6) is 0 Å². The van der Waals surface area contributed by atoms with Gasteiger partial charge in [0.1, 0.15) is 6.61 Å². The van der Waals surface area contributed by atoms with Crippen LogP contribution in [0.4, 0.5) is 4.79 Å². The number of amides is 1. The smallest absolute Gasteiger partial charge is 0.410 e. The van der Waals surface area contributed by atoms with E-state index in [1.807, 2.05) is 47.5 Å². The molecule has 3 heterocycles. The number of hydrogen-bond donors (Lipinski definition) is 1. The normalized spacial score (nSPS) is 22.9. The molecule has 0 spiro atoms. The summed E-state index contributed by atoms with van der Waals surface area (Å²) >= 11 is 0. The fourth-order valence-corrected chi connectivity index (χ4v) is 3.98. The molecule has 2 aliphatic rings. The minimum absolute atomic E-state index is 0.0579. The molecule has 28 heavy (non-hydrogen) atoms. The highest BCUT2D eigenvalue weighted by atomic mass is 16.6. The maximum Gasteiger partial charge on any atom is 0.410 e. The number of nitrogens with zero attached hydrogens (tertiary/aromatic N) is 2. The summed E-state index contributed by atoms with van der Waals surface area (Å²) in [7, 11) is 0. The van der Waals surface area contributed by atoms with Crippen molar-refractivity contribution in [3.8, 4) is 0 Å². The number of benzene rings is 1. The van der Waals surface area contributed by atoms with Crippen molar-refractivity contribution in [2.45, 2.75) is 44.1 Å². The Bertz CT molecular complexity index is 748. The minimum Gasteiger partial charge on any atom is -0.445 e. The Labute approximate surface area is 165 Å². The molecular weight excluding hydrogens is 354 g/mol. The molecule has 2 saturated heterocycles. The van der Waals surface area contributed by atoms with E-state index in [0.717, 1.165) is 50.1 Å². The van der Waals surface area contributed by atoms with Gasteiger partial charge >= 0.3 is 6.09 Å². The molecule has 6 nitrogen and oxygen atoms in total. The molecule has 0 unspecified atom stereocenters. The summed E-state index contributed by atoms with van der Waals surface area (Å²) in [6.45, 7) is 2.53. The van der Waals surface area contributed by atoms with Gasteiger partial charge in [0.05, 0.1) is 6.10 Å². The number of carbonyl (C=O) groups is 1. The second-order valence-electron chi connectivity index (χ2n) is 7.44. The van der Waals surface area contributed by atoms with Gasteiger partial charge in [0.2, 0.25) is 0 Å². The van der Waals surface area contributed by atoms with E-state index in [0.29, 0.717) is 18.7 Å². The molecule has 1 amide bonds. The molecule has 2 atom stereocenters. The van der Waals surface area contributed by atoms with Crippen molar-refractivity contribution in [3.05, 3.63) is 66.0 Å². The number of rotatable bonds is 5. The molecule has 0 bridgehead atoms. The third-order valence-corrected chi connectivity index (χ3v) is 5.51. The molecule has 148 valence electrons.